The molecule has 4 saturated carbocycles. The summed E-state index contributed by atoms with van der Waals surface area (Å²) < 4.78 is 0. The van der Waals surface area contributed by atoms with E-state index in [0.29, 0.717) is 24.2 Å². The van der Waals surface area contributed by atoms with E-state index in [-0.39, 0.29) is 11.3 Å². The molecule has 4 aliphatic carbocycles. The van der Waals surface area contributed by atoms with Gasteiger partial charge in [-0.3, -0.25) is 4.79 Å². The Bertz CT molecular complexity index is 478. The van der Waals surface area contributed by atoms with Crippen molar-refractivity contribution < 1.29 is 14.7 Å². The Kier molecular flexibility index (Phi) is 5.85. The van der Waals surface area contributed by atoms with Crippen LogP contribution in [0.5, 0.6) is 0 Å². The minimum atomic E-state index is -0.885. The van der Waals surface area contributed by atoms with Crippen LogP contribution in [0.1, 0.15) is 77.0 Å². The molecule has 0 aromatic heterocycles. The first kappa shape index (κ1) is 18.5. The van der Waals surface area contributed by atoms with Crippen LogP contribution in [0.25, 0.3) is 0 Å². The summed E-state index contributed by atoms with van der Waals surface area (Å²) in [6.45, 7) is 3.71. The number of carboxylic acids is 1. The van der Waals surface area contributed by atoms with Crippen molar-refractivity contribution in [3.8, 4) is 0 Å². The standard InChI is InChI=1S/C21H33NO3/c1-2-3-4-5-6-7-8-18(19(23)24)22-20(25)21-12-15-9-16(13-21)11-17(10-15)14-21/h2,15-18H,1,3-14H2,(H,22,25)(H,23,24)/t15?,16?,17?,18-,21?/m0/s1. The highest BCUT2D eigenvalue weighted by Crippen LogP contribution is 2.60. The fraction of sp³-hybridized carbons (Fsp3) is 0.810. The second-order valence-electron chi connectivity index (χ2n) is 8.84. The van der Waals surface area contributed by atoms with E-state index >= 15 is 0 Å². The maximum absolute atomic E-state index is 13.0. The molecule has 0 saturated heterocycles. The predicted molar refractivity (Wildman–Crippen MR) is 98.1 cm³/mol. The SMILES string of the molecule is C=CCCCCCC[C@H](NC(=O)C12CC3CC(CC(C3)C1)C2)C(=O)O. The average molecular weight is 347 g/mol. The molecular weight excluding hydrogens is 314 g/mol. The quantitative estimate of drug-likeness (QED) is 0.457. The van der Waals surface area contributed by atoms with Crippen molar-refractivity contribution in [2.45, 2.75) is 83.1 Å². The van der Waals surface area contributed by atoms with Crippen LogP contribution < -0.4 is 5.32 Å². The zero-order valence-corrected chi connectivity index (χ0v) is 15.3. The molecule has 4 rings (SSSR count). The smallest absolute Gasteiger partial charge is 0.326 e. The van der Waals surface area contributed by atoms with E-state index in [1.54, 1.807) is 0 Å². The van der Waals surface area contributed by atoms with Crippen LogP contribution in [-0.4, -0.2) is 23.0 Å². The molecule has 4 aliphatic rings. The summed E-state index contributed by atoms with van der Waals surface area (Å²) in [5, 5.41) is 12.4. The Morgan fingerprint density at radius 2 is 1.60 bits per heavy atom. The predicted octanol–water partition coefficient (Wildman–Crippen LogP) is 4.30. The molecule has 4 heteroatoms. The molecule has 4 nitrogen and oxygen atoms in total. The van der Waals surface area contributed by atoms with Gasteiger partial charge in [0, 0.05) is 5.41 Å². The molecule has 0 radical (unpaired) electrons. The fourth-order valence-corrected chi connectivity index (χ4v) is 5.95. The third-order valence-corrected chi connectivity index (χ3v) is 6.77. The lowest BCUT2D eigenvalue weighted by Crippen LogP contribution is -2.56. The van der Waals surface area contributed by atoms with Crippen molar-refractivity contribution in [2.24, 2.45) is 23.2 Å². The summed E-state index contributed by atoms with van der Waals surface area (Å²) in [5.74, 6) is 1.25. The molecular formula is C21H33NO3. The van der Waals surface area contributed by atoms with Crippen molar-refractivity contribution in [3.05, 3.63) is 12.7 Å². The Morgan fingerprint density at radius 1 is 1.04 bits per heavy atom. The summed E-state index contributed by atoms with van der Waals surface area (Å²) in [7, 11) is 0. The van der Waals surface area contributed by atoms with Crippen LogP contribution in [0.15, 0.2) is 12.7 Å². The minimum absolute atomic E-state index is 0.0330. The molecule has 4 bridgehead atoms. The normalized spacial score (nSPS) is 33.8. The van der Waals surface area contributed by atoms with E-state index in [4.69, 9.17) is 0 Å². The largest absolute Gasteiger partial charge is 0.480 e. The van der Waals surface area contributed by atoms with E-state index in [2.05, 4.69) is 11.9 Å². The van der Waals surface area contributed by atoms with E-state index < -0.39 is 12.0 Å². The zero-order chi connectivity index (χ0) is 17.9. The molecule has 25 heavy (non-hydrogen) atoms. The number of unbranched alkanes of at least 4 members (excludes halogenated alkanes) is 4. The maximum Gasteiger partial charge on any atom is 0.326 e. The van der Waals surface area contributed by atoms with Gasteiger partial charge in [0.15, 0.2) is 0 Å². The van der Waals surface area contributed by atoms with Crippen molar-refractivity contribution in [3.63, 3.8) is 0 Å². The number of carboxylic acid groups (broad SMARTS) is 1. The topological polar surface area (TPSA) is 66.4 Å². The summed E-state index contributed by atoms with van der Waals surface area (Å²) in [5.41, 5.74) is -0.258. The van der Waals surface area contributed by atoms with Crippen LogP contribution in [-0.2, 0) is 9.59 Å². The lowest BCUT2D eigenvalue weighted by molar-refractivity contribution is -0.151. The Morgan fingerprint density at radius 3 is 2.12 bits per heavy atom. The number of allylic oxidation sites excluding steroid dienone is 1. The number of rotatable bonds is 10. The molecule has 140 valence electrons. The number of hydrogen-bond donors (Lipinski definition) is 2. The molecule has 2 N–H and O–H groups in total. The molecule has 0 heterocycles. The summed E-state index contributed by atoms with van der Waals surface area (Å²) in [4.78, 5) is 24.6. The highest BCUT2D eigenvalue weighted by Gasteiger charge is 2.54. The fourth-order valence-electron chi connectivity index (χ4n) is 5.95. The summed E-state index contributed by atoms with van der Waals surface area (Å²) >= 11 is 0. The Hall–Kier alpha value is -1.32. The molecule has 0 aromatic carbocycles. The van der Waals surface area contributed by atoms with Crippen LogP contribution in [0.2, 0.25) is 0 Å². The van der Waals surface area contributed by atoms with Gasteiger partial charge in [0.25, 0.3) is 0 Å². The lowest BCUT2D eigenvalue weighted by Gasteiger charge is -2.55. The van der Waals surface area contributed by atoms with E-state index in [0.717, 1.165) is 51.4 Å². The van der Waals surface area contributed by atoms with Gasteiger partial charge in [0.2, 0.25) is 5.91 Å². The number of carbonyl (C=O) groups is 2. The average Bonchev–Trinajstić information content (AvgIpc) is 2.55. The molecule has 0 aliphatic heterocycles. The first-order valence-electron chi connectivity index (χ1n) is 10.2. The third-order valence-electron chi connectivity index (χ3n) is 6.77. The summed E-state index contributed by atoms with van der Waals surface area (Å²) in [6, 6.07) is -0.722. The van der Waals surface area contributed by atoms with Gasteiger partial charge in [-0.1, -0.05) is 25.3 Å². The number of carbonyl (C=O) groups excluding carboxylic acids is 1. The van der Waals surface area contributed by atoms with Crippen LogP contribution >= 0.6 is 0 Å². The molecule has 1 amide bonds. The van der Waals surface area contributed by atoms with Gasteiger partial charge in [0.05, 0.1) is 0 Å². The first-order chi connectivity index (χ1) is 12.0. The van der Waals surface area contributed by atoms with E-state index in [1.165, 1.54) is 19.3 Å². The van der Waals surface area contributed by atoms with Crippen LogP contribution in [0.3, 0.4) is 0 Å². The zero-order valence-electron chi connectivity index (χ0n) is 15.3. The van der Waals surface area contributed by atoms with Gasteiger partial charge < -0.3 is 10.4 Å². The molecule has 1 atom stereocenters. The molecule has 0 spiro atoms. The second kappa shape index (κ2) is 7.92. The van der Waals surface area contributed by atoms with E-state index in [1.807, 2.05) is 6.08 Å². The third kappa shape index (κ3) is 4.27. The van der Waals surface area contributed by atoms with Crippen molar-refractivity contribution in [1.29, 1.82) is 0 Å². The van der Waals surface area contributed by atoms with Crippen molar-refractivity contribution >= 4 is 11.9 Å². The van der Waals surface area contributed by atoms with Crippen LogP contribution in [0.4, 0.5) is 0 Å². The lowest BCUT2D eigenvalue weighted by atomic mass is 9.49. The monoisotopic (exact) mass is 347 g/mol. The highest BCUT2D eigenvalue weighted by molar-refractivity contribution is 5.87. The highest BCUT2D eigenvalue weighted by atomic mass is 16.4. The van der Waals surface area contributed by atoms with Gasteiger partial charge in [-0.15, -0.1) is 6.58 Å². The van der Waals surface area contributed by atoms with Gasteiger partial charge in [-0.25, -0.2) is 4.79 Å². The van der Waals surface area contributed by atoms with Gasteiger partial charge in [-0.2, -0.15) is 0 Å². The summed E-state index contributed by atoms with van der Waals surface area (Å²) in [6.07, 6.45) is 14.4. The van der Waals surface area contributed by atoms with Gasteiger partial charge >= 0.3 is 5.97 Å². The molecule has 0 unspecified atom stereocenters. The number of amides is 1. The Labute approximate surface area is 151 Å². The van der Waals surface area contributed by atoms with E-state index in [9.17, 15) is 14.7 Å². The maximum atomic E-state index is 13.0. The molecule has 0 aromatic rings. The second-order valence-corrected chi connectivity index (χ2v) is 8.84. The molecule has 4 fully saturated rings. The number of hydrogen-bond acceptors (Lipinski definition) is 2. The number of aliphatic carboxylic acids is 1. The first-order valence-corrected chi connectivity index (χ1v) is 10.2. The van der Waals surface area contributed by atoms with Gasteiger partial charge in [0.1, 0.15) is 6.04 Å². The van der Waals surface area contributed by atoms with Crippen molar-refractivity contribution in [1.82, 2.24) is 5.32 Å². The van der Waals surface area contributed by atoms with Crippen molar-refractivity contribution in [2.75, 3.05) is 0 Å². The van der Waals surface area contributed by atoms with Gasteiger partial charge in [-0.05, 0) is 75.5 Å². The number of nitrogens with one attached hydrogen (secondary N) is 1. The van der Waals surface area contributed by atoms with Crippen LogP contribution in [0, 0.1) is 23.2 Å². The minimum Gasteiger partial charge on any atom is -0.480 e. The Balaban J connectivity index is 1.51.